The van der Waals surface area contributed by atoms with Crippen molar-refractivity contribution in [2.75, 3.05) is 14.1 Å². The highest BCUT2D eigenvalue weighted by molar-refractivity contribution is 6.85. The molecule has 2 atom stereocenters. The van der Waals surface area contributed by atoms with Crippen molar-refractivity contribution in [1.82, 2.24) is 4.90 Å². The lowest BCUT2D eigenvalue weighted by molar-refractivity contribution is 0.381. The Morgan fingerprint density at radius 3 is 2.14 bits per heavy atom. The third kappa shape index (κ3) is 3.25. The van der Waals surface area contributed by atoms with E-state index in [-0.39, 0.29) is 0 Å². The summed E-state index contributed by atoms with van der Waals surface area (Å²) in [6, 6.07) is 2.79. The van der Waals surface area contributed by atoms with E-state index in [1.807, 2.05) is 0 Å². The Balaban J connectivity index is 4.81. The van der Waals surface area contributed by atoms with Gasteiger partial charge in [0.1, 0.15) is 0 Å². The largest absolute Gasteiger partial charge is 0.309 e. The molecule has 0 bridgehead atoms. The minimum Gasteiger partial charge on any atom is -0.309 e. The Morgan fingerprint density at radius 2 is 1.86 bits per heavy atom. The van der Waals surface area contributed by atoms with Crippen molar-refractivity contribution in [3.63, 3.8) is 0 Å². The molecule has 0 spiro atoms. The van der Waals surface area contributed by atoms with E-state index in [2.05, 4.69) is 58.5 Å². The second-order valence-electron chi connectivity index (χ2n) is 4.48. The Labute approximate surface area is 91.2 Å². The molecule has 0 aromatic carbocycles. The van der Waals surface area contributed by atoms with Crippen LogP contribution >= 0.6 is 0 Å². The quantitative estimate of drug-likeness (QED) is 0.611. The molecule has 0 aromatic rings. The van der Waals surface area contributed by atoms with E-state index in [9.17, 15) is 0 Å². The first-order valence-corrected chi connectivity index (χ1v) is 8.41. The van der Waals surface area contributed by atoms with Crippen molar-refractivity contribution < 1.29 is 0 Å². The summed E-state index contributed by atoms with van der Waals surface area (Å²) in [6.45, 7) is 9.23. The lowest BCUT2D eigenvalue weighted by Gasteiger charge is -2.37. The molecule has 0 saturated heterocycles. The molecule has 0 aliphatic heterocycles. The van der Waals surface area contributed by atoms with Crippen LogP contribution in [-0.4, -0.2) is 32.7 Å². The van der Waals surface area contributed by atoms with Crippen LogP contribution in [0.25, 0.3) is 0 Å². The standard InChI is InChI=1S/C12H27NSi/c1-7-10-14(9-3,11-8-2)12(4)13(5)6/h7,10,12H,8-9,11H2,1-6H3/b10-7-. The highest BCUT2D eigenvalue weighted by Gasteiger charge is 2.34. The van der Waals surface area contributed by atoms with Gasteiger partial charge in [-0.3, -0.25) is 0 Å². The van der Waals surface area contributed by atoms with Crippen LogP contribution in [0, 0.1) is 0 Å². The van der Waals surface area contributed by atoms with E-state index in [1.54, 1.807) is 0 Å². The van der Waals surface area contributed by atoms with Crippen molar-refractivity contribution in [2.24, 2.45) is 0 Å². The molecule has 1 nitrogen and oxygen atoms in total. The van der Waals surface area contributed by atoms with Crippen LogP contribution in [0.4, 0.5) is 0 Å². The predicted molar refractivity (Wildman–Crippen MR) is 69.3 cm³/mol. The van der Waals surface area contributed by atoms with Gasteiger partial charge in [0.05, 0.1) is 8.07 Å². The molecular weight excluding hydrogens is 186 g/mol. The molecule has 0 saturated carbocycles. The highest BCUT2D eigenvalue weighted by atomic mass is 28.3. The van der Waals surface area contributed by atoms with Gasteiger partial charge in [0.2, 0.25) is 0 Å². The summed E-state index contributed by atoms with van der Waals surface area (Å²) in [5, 5.41) is 0. The summed E-state index contributed by atoms with van der Waals surface area (Å²) in [4.78, 5) is 2.39. The smallest absolute Gasteiger partial charge is 0.0950 e. The fraction of sp³-hybridized carbons (Fsp3) is 0.833. The minimum atomic E-state index is -1.19. The highest BCUT2D eigenvalue weighted by Crippen LogP contribution is 2.25. The van der Waals surface area contributed by atoms with Crippen LogP contribution < -0.4 is 0 Å². The topological polar surface area (TPSA) is 3.24 Å². The van der Waals surface area contributed by atoms with Gasteiger partial charge < -0.3 is 4.90 Å². The molecule has 0 radical (unpaired) electrons. The predicted octanol–water partition coefficient (Wildman–Crippen LogP) is 3.47. The van der Waals surface area contributed by atoms with Gasteiger partial charge in [0.15, 0.2) is 0 Å². The van der Waals surface area contributed by atoms with Crippen molar-refractivity contribution >= 4 is 8.07 Å². The second kappa shape index (κ2) is 6.41. The van der Waals surface area contributed by atoms with Crippen LogP contribution in [0.3, 0.4) is 0 Å². The van der Waals surface area contributed by atoms with E-state index >= 15 is 0 Å². The van der Waals surface area contributed by atoms with E-state index in [0.29, 0.717) is 0 Å². The fourth-order valence-corrected chi connectivity index (χ4v) is 7.00. The Bertz CT molecular complexity index is 177. The number of hydrogen-bond acceptors (Lipinski definition) is 1. The Hall–Kier alpha value is -0.0831. The SMILES string of the molecule is C/C=C\[Si](CC)(CCC)C(C)N(C)C. The van der Waals surface area contributed by atoms with Gasteiger partial charge in [-0.25, -0.2) is 0 Å². The first-order chi connectivity index (χ1) is 6.54. The van der Waals surface area contributed by atoms with E-state index in [1.165, 1.54) is 18.5 Å². The summed E-state index contributed by atoms with van der Waals surface area (Å²) < 4.78 is 0. The molecule has 2 heteroatoms. The summed E-state index contributed by atoms with van der Waals surface area (Å²) in [5.74, 6) is 0. The summed E-state index contributed by atoms with van der Waals surface area (Å²) >= 11 is 0. The molecule has 2 unspecified atom stereocenters. The van der Waals surface area contributed by atoms with Gasteiger partial charge in [-0.05, 0) is 21.0 Å². The first-order valence-electron chi connectivity index (χ1n) is 5.84. The zero-order valence-electron chi connectivity index (χ0n) is 10.8. The molecule has 0 aliphatic rings. The number of rotatable bonds is 6. The van der Waals surface area contributed by atoms with Crippen LogP contribution in [-0.2, 0) is 0 Å². The molecule has 14 heavy (non-hydrogen) atoms. The molecule has 0 N–H and O–H groups in total. The summed E-state index contributed by atoms with van der Waals surface area (Å²) in [6.07, 6.45) is 3.59. The third-order valence-electron chi connectivity index (χ3n) is 3.48. The minimum absolute atomic E-state index is 0.753. The molecule has 84 valence electrons. The molecule has 0 heterocycles. The molecule has 0 fully saturated rings. The van der Waals surface area contributed by atoms with Crippen molar-refractivity contribution in [2.45, 2.75) is 51.9 Å². The second-order valence-corrected chi connectivity index (χ2v) is 9.32. The lowest BCUT2D eigenvalue weighted by atomic mass is 10.6. The van der Waals surface area contributed by atoms with Gasteiger partial charge >= 0.3 is 0 Å². The van der Waals surface area contributed by atoms with E-state index in [0.717, 1.165) is 5.67 Å². The maximum Gasteiger partial charge on any atom is 0.0950 e. The zero-order chi connectivity index (χ0) is 11.2. The van der Waals surface area contributed by atoms with Crippen LogP contribution in [0.1, 0.15) is 34.1 Å². The van der Waals surface area contributed by atoms with Crippen molar-refractivity contribution in [3.8, 4) is 0 Å². The molecule has 0 aliphatic carbocycles. The van der Waals surface area contributed by atoms with Crippen molar-refractivity contribution in [3.05, 3.63) is 11.8 Å². The monoisotopic (exact) mass is 213 g/mol. The van der Waals surface area contributed by atoms with Crippen LogP contribution in [0.2, 0.25) is 12.1 Å². The van der Waals surface area contributed by atoms with Gasteiger partial charge in [0, 0.05) is 5.67 Å². The number of hydrogen-bond donors (Lipinski definition) is 0. The normalized spacial score (nSPS) is 18.8. The lowest BCUT2D eigenvalue weighted by Crippen LogP contribution is -2.51. The molecular formula is C12H27NSi. The Morgan fingerprint density at radius 1 is 1.29 bits per heavy atom. The van der Waals surface area contributed by atoms with Gasteiger partial charge in [-0.2, -0.15) is 0 Å². The van der Waals surface area contributed by atoms with E-state index in [4.69, 9.17) is 0 Å². The molecule has 0 amide bonds. The average molecular weight is 213 g/mol. The first kappa shape index (κ1) is 13.9. The fourth-order valence-electron chi connectivity index (χ4n) is 2.33. The maximum absolute atomic E-state index is 2.54. The molecule has 0 rings (SSSR count). The Kier molecular flexibility index (Phi) is 6.37. The summed E-state index contributed by atoms with van der Waals surface area (Å²) in [5.41, 5.74) is 3.30. The zero-order valence-corrected chi connectivity index (χ0v) is 11.8. The van der Waals surface area contributed by atoms with Crippen LogP contribution in [0.15, 0.2) is 11.8 Å². The average Bonchev–Trinajstić information content (AvgIpc) is 2.16. The van der Waals surface area contributed by atoms with Gasteiger partial charge in [-0.15, -0.1) is 0 Å². The van der Waals surface area contributed by atoms with Gasteiger partial charge in [-0.1, -0.05) is 51.1 Å². The number of allylic oxidation sites excluding steroid dienone is 1. The van der Waals surface area contributed by atoms with Crippen LogP contribution in [0.5, 0.6) is 0 Å². The maximum atomic E-state index is 2.54. The third-order valence-corrected chi connectivity index (χ3v) is 9.40. The number of nitrogens with zero attached hydrogens (tertiary/aromatic N) is 1. The van der Waals surface area contributed by atoms with Gasteiger partial charge in [0.25, 0.3) is 0 Å². The van der Waals surface area contributed by atoms with E-state index < -0.39 is 8.07 Å². The molecule has 0 aromatic heterocycles. The van der Waals surface area contributed by atoms with Crippen molar-refractivity contribution in [1.29, 1.82) is 0 Å². The summed E-state index contributed by atoms with van der Waals surface area (Å²) in [7, 11) is 3.23.